The topological polar surface area (TPSA) is 48.0 Å². The maximum Gasteiger partial charge on any atom is 0.254 e. The Morgan fingerprint density at radius 1 is 1.35 bits per heavy atom. The summed E-state index contributed by atoms with van der Waals surface area (Å²) in [6, 6.07) is 2.10. The Bertz CT molecular complexity index is 677. The molecule has 3 aromatic heterocycles. The average Bonchev–Trinajstić information content (AvgIpc) is 2.83. The molecule has 3 heterocycles. The van der Waals surface area contributed by atoms with E-state index in [0.29, 0.717) is 11.7 Å². The zero-order valence-corrected chi connectivity index (χ0v) is 10.3. The van der Waals surface area contributed by atoms with Crippen molar-refractivity contribution in [1.29, 1.82) is 0 Å². The fraction of sp³-hybridized carbons (Fsp3) is 0.417. The van der Waals surface area contributed by atoms with Crippen molar-refractivity contribution < 1.29 is 0 Å². The summed E-state index contributed by atoms with van der Waals surface area (Å²) in [5.74, 6) is 1.26. The lowest BCUT2D eigenvalue weighted by molar-refractivity contribution is 0.530. The highest BCUT2D eigenvalue weighted by Crippen LogP contribution is 2.19. The molecule has 0 amide bonds. The highest BCUT2D eigenvalue weighted by atomic mass is 15.3. The lowest BCUT2D eigenvalue weighted by Gasteiger charge is -2.09. The normalized spacial score (nSPS) is 12.0. The van der Waals surface area contributed by atoms with E-state index in [-0.39, 0.29) is 0 Å². The molecule has 0 bridgehead atoms. The van der Waals surface area contributed by atoms with E-state index in [1.54, 1.807) is 6.33 Å². The first-order valence-electron chi connectivity index (χ1n) is 5.82. The third kappa shape index (κ3) is 1.50. The fourth-order valence-corrected chi connectivity index (χ4v) is 2.19. The van der Waals surface area contributed by atoms with Crippen molar-refractivity contribution in [3.05, 3.63) is 24.3 Å². The molecule has 0 unspecified atom stereocenters. The Kier molecular flexibility index (Phi) is 2.14. The number of hydrogen-bond donors (Lipinski definition) is 0. The molecule has 5 nitrogen and oxygen atoms in total. The minimum Gasteiger partial charge on any atom is -0.332 e. The largest absolute Gasteiger partial charge is 0.332 e. The molecule has 3 aromatic rings. The smallest absolute Gasteiger partial charge is 0.254 e. The molecular formula is C12H15N5. The van der Waals surface area contributed by atoms with Crippen LogP contribution in [0, 0.1) is 12.8 Å². The minimum atomic E-state index is 0.595. The number of nitrogens with zero attached hydrogens (tertiary/aromatic N) is 5. The number of rotatable bonds is 2. The first-order valence-corrected chi connectivity index (χ1v) is 5.82. The molecule has 0 aliphatic heterocycles. The van der Waals surface area contributed by atoms with Crippen LogP contribution >= 0.6 is 0 Å². The molecule has 88 valence electrons. The molecule has 0 aromatic carbocycles. The lowest BCUT2D eigenvalue weighted by atomic mass is 10.2. The van der Waals surface area contributed by atoms with Crippen LogP contribution < -0.4 is 0 Å². The molecule has 0 radical (unpaired) electrons. The molecule has 3 rings (SSSR count). The van der Waals surface area contributed by atoms with Gasteiger partial charge in [-0.15, -0.1) is 0 Å². The van der Waals surface area contributed by atoms with Gasteiger partial charge in [0.05, 0.1) is 5.69 Å². The van der Waals surface area contributed by atoms with Crippen molar-refractivity contribution in [2.45, 2.75) is 27.3 Å². The molecule has 17 heavy (non-hydrogen) atoms. The van der Waals surface area contributed by atoms with Crippen molar-refractivity contribution in [2.24, 2.45) is 5.92 Å². The second-order valence-electron chi connectivity index (χ2n) is 4.77. The number of aryl methyl sites for hydroxylation is 1. The molecule has 0 aliphatic carbocycles. The van der Waals surface area contributed by atoms with Gasteiger partial charge in [-0.1, -0.05) is 13.8 Å². The van der Waals surface area contributed by atoms with E-state index >= 15 is 0 Å². The van der Waals surface area contributed by atoms with Crippen molar-refractivity contribution in [2.75, 3.05) is 0 Å². The predicted octanol–water partition coefficient (Wildman–Crippen LogP) is 2.04. The van der Waals surface area contributed by atoms with E-state index in [1.807, 2.05) is 11.4 Å². The summed E-state index contributed by atoms with van der Waals surface area (Å²) in [5.41, 5.74) is 2.08. The van der Waals surface area contributed by atoms with Gasteiger partial charge < -0.3 is 4.57 Å². The van der Waals surface area contributed by atoms with Crippen LogP contribution in [0.15, 0.2) is 18.6 Å². The molecule has 0 N–H and O–H groups in total. The summed E-state index contributed by atoms with van der Waals surface area (Å²) < 4.78 is 4.03. The van der Waals surface area contributed by atoms with Gasteiger partial charge in [0.15, 0.2) is 0 Å². The highest BCUT2D eigenvalue weighted by molar-refractivity contribution is 5.80. The zero-order valence-electron chi connectivity index (χ0n) is 10.3. The van der Waals surface area contributed by atoms with E-state index in [1.165, 1.54) is 0 Å². The van der Waals surface area contributed by atoms with Crippen LogP contribution in [0.25, 0.3) is 16.8 Å². The molecular weight excluding hydrogens is 214 g/mol. The van der Waals surface area contributed by atoms with Crippen LogP contribution in [0.3, 0.4) is 0 Å². The number of aromatic nitrogens is 5. The standard InChI is InChI=1S/C12H15N5/c1-8(2)6-16-5-4-10-9(3)15-12-13-7-14-17(12)11(10)16/h4-5,7-8H,6H2,1-3H3. The van der Waals surface area contributed by atoms with E-state index in [4.69, 9.17) is 0 Å². The summed E-state index contributed by atoms with van der Waals surface area (Å²) in [6.45, 7) is 7.40. The molecule has 5 heteroatoms. The molecule has 0 atom stereocenters. The van der Waals surface area contributed by atoms with Gasteiger partial charge in [-0.25, -0.2) is 4.98 Å². The van der Waals surface area contributed by atoms with Gasteiger partial charge in [-0.05, 0) is 18.9 Å². The van der Waals surface area contributed by atoms with E-state index in [2.05, 4.69) is 45.7 Å². The second kappa shape index (κ2) is 3.55. The van der Waals surface area contributed by atoms with Crippen molar-refractivity contribution in [1.82, 2.24) is 24.1 Å². The summed E-state index contributed by atoms with van der Waals surface area (Å²) in [5, 5.41) is 5.39. The maximum atomic E-state index is 4.43. The Hall–Kier alpha value is -1.91. The lowest BCUT2D eigenvalue weighted by Crippen LogP contribution is -2.07. The third-order valence-corrected chi connectivity index (χ3v) is 2.88. The first-order chi connectivity index (χ1) is 8.16. The van der Waals surface area contributed by atoms with E-state index in [0.717, 1.165) is 23.3 Å². The van der Waals surface area contributed by atoms with Gasteiger partial charge in [-0.3, -0.25) is 0 Å². The Morgan fingerprint density at radius 2 is 2.18 bits per heavy atom. The van der Waals surface area contributed by atoms with Crippen LogP contribution in [-0.2, 0) is 6.54 Å². The Morgan fingerprint density at radius 3 is 2.94 bits per heavy atom. The van der Waals surface area contributed by atoms with Crippen LogP contribution in [0.1, 0.15) is 19.5 Å². The summed E-state index contributed by atoms with van der Waals surface area (Å²) in [7, 11) is 0. The fourth-order valence-electron chi connectivity index (χ4n) is 2.19. The van der Waals surface area contributed by atoms with Crippen LogP contribution in [0.4, 0.5) is 0 Å². The molecule has 0 spiro atoms. The predicted molar refractivity (Wildman–Crippen MR) is 65.9 cm³/mol. The molecule has 0 saturated heterocycles. The van der Waals surface area contributed by atoms with Gasteiger partial charge in [0.1, 0.15) is 12.0 Å². The van der Waals surface area contributed by atoms with Crippen LogP contribution in [0.2, 0.25) is 0 Å². The molecule has 0 fully saturated rings. The van der Waals surface area contributed by atoms with Gasteiger partial charge >= 0.3 is 0 Å². The molecule has 0 saturated carbocycles. The molecule has 0 aliphatic rings. The quantitative estimate of drug-likeness (QED) is 0.675. The van der Waals surface area contributed by atoms with Gasteiger partial charge in [0.25, 0.3) is 5.78 Å². The SMILES string of the molecule is Cc1nc2ncnn2c2c1ccn2CC(C)C. The third-order valence-electron chi connectivity index (χ3n) is 2.88. The summed E-state index contributed by atoms with van der Waals surface area (Å²) in [4.78, 5) is 8.59. The second-order valence-corrected chi connectivity index (χ2v) is 4.77. The maximum absolute atomic E-state index is 4.43. The zero-order chi connectivity index (χ0) is 12.0. The van der Waals surface area contributed by atoms with E-state index in [9.17, 15) is 0 Å². The first kappa shape index (κ1) is 10.3. The average molecular weight is 229 g/mol. The van der Waals surface area contributed by atoms with Crippen molar-refractivity contribution in [3.8, 4) is 0 Å². The summed E-state index contributed by atoms with van der Waals surface area (Å²) in [6.07, 6.45) is 3.65. The van der Waals surface area contributed by atoms with Gasteiger partial charge in [-0.2, -0.15) is 14.6 Å². The number of fused-ring (bicyclic) bond motifs is 3. The number of hydrogen-bond acceptors (Lipinski definition) is 3. The summed E-state index contributed by atoms with van der Waals surface area (Å²) >= 11 is 0. The van der Waals surface area contributed by atoms with E-state index < -0.39 is 0 Å². The van der Waals surface area contributed by atoms with Crippen molar-refractivity contribution in [3.63, 3.8) is 0 Å². The Labute approximate surface area is 99.1 Å². The minimum absolute atomic E-state index is 0.595. The van der Waals surface area contributed by atoms with Crippen LogP contribution in [-0.4, -0.2) is 24.1 Å². The Balaban J connectivity index is 2.38. The highest BCUT2D eigenvalue weighted by Gasteiger charge is 2.11. The van der Waals surface area contributed by atoms with Gasteiger partial charge in [0, 0.05) is 18.1 Å². The monoisotopic (exact) mass is 229 g/mol. The van der Waals surface area contributed by atoms with Crippen molar-refractivity contribution >= 4 is 16.8 Å². The van der Waals surface area contributed by atoms with Gasteiger partial charge in [0.2, 0.25) is 0 Å². The van der Waals surface area contributed by atoms with Crippen LogP contribution in [0.5, 0.6) is 0 Å².